The van der Waals surface area contributed by atoms with E-state index in [0.717, 1.165) is 48.4 Å². The third kappa shape index (κ3) is 5.64. The normalized spacial score (nSPS) is 11.2. The van der Waals surface area contributed by atoms with E-state index < -0.39 is 0 Å². The van der Waals surface area contributed by atoms with Crippen molar-refractivity contribution in [3.05, 3.63) is 84.1 Å². The minimum absolute atomic E-state index is 0.188. The van der Waals surface area contributed by atoms with Crippen LogP contribution in [0.5, 0.6) is 5.75 Å². The molecule has 0 saturated carbocycles. The van der Waals surface area contributed by atoms with Crippen LogP contribution in [0.3, 0.4) is 0 Å². The van der Waals surface area contributed by atoms with Crippen LogP contribution < -0.4 is 10.1 Å². The predicted octanol–water partition coefficient (Wildman–Crippen LogP) is 5.58. The van der Waals surface area contributed by atoms with E-state index in [-0.39, 0.29) is 5.91 Å². The van der Waals surface area contributed by atoms with Crippen LogP contribution in [-0.4, -0.2) is 28.6 Å². The summed E-state index contributed by atoms with van der Waals surface area (Å²) in [6.45, 7) is 6.41. The number of carbonyl (C=O) groups excluding carboxylic acids is 1. The lowest BCUT2D eigenvalue weighted by atomic mass is 10.0. The molecule has 2 aromatic carbocycles. The number of ether oxygens (including phenoxy) is 1. The summed E-state index contributed by atoms with van der Waals surface area (Å²) < 4.78 is 13.5. The van der Waals surface area contributed by atoms with Crippen LogP contribution >= 0.6 is 0 Å². The number of aryl methyl sites for hydroxylation is 2. The molecule has 6 heteroatoms. The summed E-state index contributed by atoms with van der Waals surface area (Å²) in [6.07, 6.45) is 3.97. The first-order valence-corrected chi connectivity index (χ1v) is 11.6. The summed E-state index contributed by atoms with van der Waals surface area (Å²) in [7, 11) is 0. The zero-order chi connectivity index (χ0) is 23.0. The van der Waals surface area contributed by atoms with Crippen molar-refractivity contribution >= 4 is 16.9 Å². The Balaban J connectivity index is 1.34. The number of imidazole rings is 1. The van der Waals surface area contributed by atoms with Gasteiger partial charge < -0.3 is 19.0 Å². The van der Waals surface area contributed by atoms with E-state index in [1.165, 1.54) is 11.8 Å². The van der Waals surface area contributed by atoms with Crippen molar-refractivity contribution in [3.8, 4) is 5.75 Å². The highest BCUT2D eigenvalue weighted by atomic mass is 16.5. The number of carbonyl (C=O) groups is 1. The number of benzene rings is 2. The minimum Gasteiger partial charge on any atom is -0.493 e. The molecule has 0 fully saturated rings. The fraction of sp³-hybridized carbons (Fsp3) is 0.333. The number of nitrogens with one attached hydrogen (secondary N) is 1. The molecule has 0 unspecified atom stereocenters. The summed E-state index contributed by atoms with van der Waals surface area (Å²) in [5.74, 6) is 2.58. The molecule has 0 bridgehead atoms. The molecule has 2 aromatic heterocycles. The van der Waals surface area contributed by atoms with Crippen molar-refractivity contribution in [2.75, 3.05) is 13.2 Å². The second-order valence-corrected chi connectivity index (χ2v) is 8.40. The third-order valence-corrected chi connectivity index (χ3v) is 5.67. The van der Waals surface area contributed by atoms with Crippen molar-refractivity contribution < 1.29 is 13.9 Å². The lowest BCUT2D eigenvalue weighted by Crippen LogP contribution is -2.24. The molecule has 0 radical (unpaired) electrons. The largest absolute Gasteiger partial charge is 0.493 e. The highest BCUT2D eigenvalue weighted by Crippen LogP contribution is 2.26. The average Bonchev–Trinajstić information content (AvgIpc) is 3.48. The molecule has 0 spiro atoms. The van der Waals surface area contributed by atoms with E-state index in [1.54, 1.807) is 12.1 Å². The summed E-state index contributed by atoms with van der Waals surface area (Å²) >= 11 is 0. The molecule has 172 valence electrons. The molecule has 4 aromatic rings. The highest BCUT2D eigenvalue weighted by molar-refractivity contribution is 5.91. The smallest absolute Gasteiger partial charge is 0.286 e. The average molecular weight is 446 g/mol. The molecular formula is C27H31N3O3. The number of aromatic nitrogens is 2. The van der Waals surface area contributed by atoms with Gasteiger partial charge in [0.05, 0.1) is 23.9 Å². The van der Waals surface area contributed by atoms with Crippen molar-refractivity contribution in [1.82, 2.24) is 14.9 Å². The Morgan fingerprint density at radius 2 is 1.88 bits per heavy atom. The number of furan rings is 1. The van der Waals surface area contributed by atoms with Gasteiger partial charge in [-0.3, -0.25) is 4.79 Å². The molecular weight excluding hydrogens is 414 g/mol. The van der Waals surface area contributed by atoms with Crippen molar-refractivity contribution in [2.45, 2.75) is 45.6 Å². The first kappa shape index (κ1) is 22.6. The van der Waals surface area contributed by atoms with Gasteiger partial charge in [-0.25, -0.2) is 4.98 Å². The standard InChI is InChI=1S/C27H31N3O3/c1-20(2)21-10-3-6-13-24(21)32-19-9-17-30-23-12-5-4-11-22(23)29-26(30)15-7-16-28-27(31)25-14-8-18-33-25/h3-6,8,10-14,18,20H,7,9,15-17,19H2,1-2H3,(H,28,31). The van der Waals surface area contributed by atoms with Crippen LogP contribution in [0, 0.1) is 0 Å². The Labute approximate surface area is 194 Å². The van der Waals surface area contributed by atoms with E-state index in [2.05, 4.69) is 41.9 Å². The maximum Gasteiger partial charge on any atom is 0.286 e. The second kappa shape index (κ2) is 10.9. The Morgan fingerprint density at radius 1 is 1.06 bits per heavy atom. The van der Waals surface area contributed by atoms with E-state index in [1.807, 2.05) is 30.3 Å². The van der Waals surface area contributed by atoms with Crippen molar-refractivity contribution in [2.24, 2.45) is 0 Å². The molecule has 1 N–H and O–H groups in total. The quantitative estimate of drug-likeness (QED) is 0.306. The van der Waals surface area contributed by atoms with Crippen LogP contribution in [0.25, 0.3) is 11.0 Å². The van der Waals surface area contributed by atoms with E-state index in [9.17, 15) is 4.79 Å². The molecule has 1 amide bonds. The fourth-order valence-electron chi connectivity index (χ4n) is 4.00. The Hall–Kier alpha value is -3.54. The number of para-hydroxylation sites is 3. The Bertz CT molecular complexity index is 1180. The van der Waals surface area contributed by atoms with Gasteiger partial charge in [0.2, 0.25) is 0 Å². The molecule has 0 saturated heterocycles. The SMILES string of the molecule is CC(C)c1ccccc1OCCCn1c(CCCNC(=O)c2ccco2)nc2ccccc21. The number of hydrogen-bond acceptors (Lipinski definition) is 4. The maximum absolute atomic E-state index is 12.0. The van der Waals surface area contributed by atoms with Gasteiger partial charge in [-0.1, -0.05) is 44.2 Å². The predicted molar refractivity (Wildman–Crippen MR) is 130 cm³/mol. The lowest BCUT2D eigenvalue weighted by Gasteiger charge is -2.14. The number of fused-ring (bicyclic) bond motifs is 1. The number of amides is 1. The van der Waals surface area contributed by atoms with Gasteiger partial charge in [0.25, 0.3) is 5.91 Å². The first-order valence-electron chi connectivity index (χ1n) is 11.6. The van der Waals surface area contributed by atoms with E-state index >= 15 is 0 Å². The monoisotopic (exact) mass is 445 g/mol. The Kier molecular flexibility index (Phi) is 7.45. The van der Waals surface area contributed by atoms with Gasteiger partial charge in [0.1, 0.15) is 11.6 Å². The second-order valence-electron chi connectivity index (χ2n) is 8.40. The number of hydrogen-bond donors (Lipinski definition) is 1. The lowest BCUT2D eigenvalue weighted by molar-refractivity contribution is 0.0925. The highest BCUT2D eigenvalue weighted by Gasteiger charge is 2.12. The topological polar surface area (TPSA) is 69.3 Å². The molecule has 33 heavy (non-hydrogen) atoms. The molecule has 2 heterocycles. The van der Waals surface area contributed by atoms with Gasteiger partial charge in [-0.15, -0.1) is 0 Å². The summed E-state index contributed by atoms with van der Waals surface area (Å²) in [5.41, 5.74) is 3.37. The first-order chi connectivity index (χ1) is 16.1. The Morgan fingerprint density at radius 3 is 2.70 bits per heavy atom. The van der Waals surface area contributed by atoms with Gasteiger partial charge in [0.15, 0.2) is 5.76 Å². The van der Waals surface area contributed by atoms with Crippen molar-refractivity contribution in [3.63, 3.8) is 0 Å². The van der Waals surface area contributed by atoms with Crippen molar-refractivity contribution in [1.29, 1.82) is 0 Å². The summed E-state index contributed by atoms with van der Waals surface area (Å²) in [5, 5.41) is 2.90. The minimum atomic E-state index is -0.188. The van der Waals surface area contributed by atoms with Gasteiger partial charge in [-0.05, 0) is 54.7 Å². The maximum atomic E-state index is 12.0. The van der Waals surface area contributed by atoms with Gasteiger partial charge in [-0.2, -0.15) is 0 Å². The molecule has 0 aliphatic rings. The fourth-order valence-corrected chi connectivity index (χ4v) is 4.00. The zero-order valence-electron chi connectivity index (χ0n) is 19.3. The molecule has 0 aliphatic heterocycles. The summed E-state index contributed by atoms with van der Waals surface area (Å²) in [6, 6.07) is 19.8. The molecule has 0 atom stereocenters. The molecule has 0 aliphatic carbocycles. The van der Waals surface area contributed by atoms with E-state index in [0.29, 0.717) is 24.8 Å². The van der Waals surface area contributed by atoms with Gasteiger partial charge in [0, 0.05) is 19.5 Å². The molecule has 6 nitrogen and oxygen atoms in total. The van der Waals surface area contributed by atoms with Crippen LogP contribution in [0.15, 0.2) is 71.3 Å². The molecule has 4 rings (SSSR count). The van der Waals surface area contributed by atoms with Crippen LogP contribution in [0.1, 0.15) is 54.5 Å². The zero-order valence-corrected chi connectivity index (χ0v) is 19.3. The number of rotatable bonds is 11. The van der Waals surface area contributed by atoms with E-state index in [4.69, 9.17) is 14.1 Å². The van der Waals surface area contributed by atoms with Crippen LogP contribution in [0.2, 0.25) is 0 Å². The van der Waals surface area contributed by atoms with Crippen LogP contribution in [0.4, 0.5) is 0 Å². The van der Waals surface area contributed by atoms with Gasteiger partial charge >= 0.3 is 0 Å². The number of nitrogens with zero attached hydrogens (tertiary/aromatic N) is 2. The van der Waals surface area contributed by atoms with Crippen LogP contribution in [-0.2, 0) is 13.0 Å². The summed E-state index contributed by atoms with van der Waals surface area (Å²) in [4.78, 5) is 16.9. The third-order valence-electron chi connectivity index (χ3n) is 5.67.